The molecule has 0 N–H and O–H groups in total. The quantitative estimate of drug-likeness (QED) is 0.482. The lowest BCUT2D eigenvalue weighted by Gasteiger charge is -2.64. The molecule has 4 saturated carbocycles. The zero-order chi connectivity index (χ0) is 22.1. The lowest BCUT2D eigenvalue weighted by Crippen LogP contribution is -2.55. The number of aryl methyl sites for hydroxylation is 1. The van der Waals surface area contributed by atoms with Crippen molar-refractivity contribution in [2.24, 2.45) is 39.9 Å². The molecule has 5 rings (SSSR count). The third-order valence-corrected chi connectivity index (χ3v) is 11.6. The Hall–Kier alpha value is -0.870. The van der Waals surface area contributed by atoms with Crippen molar-refractivity contribution in [1.82, 2.24) is 0 Å². The third kappa shape index (κ3) is 3.51. The Bertz CT molecular complexity index is 934. The minimum atomic E-state index is -3.67. The van der Waals surface area contributed by atoms with Gasteiger partial charge in [0.2, 0.25) is 0 Å². The maximum atomic E-state index is 12.8. The molecule has 0 unspecified atom stereocenters. The van der Waals surface area contributed by atoms with Crippen LogP contribution in [0.1, 0.15) is 84.1 Å². The van der Waals surface area contributed by atoms with E-state index in [4.69, 9.17) is 4.18 Å². The van der Waals surface area contributed by atoms with Crippen LogP contribution in [0.3, 0.4) is 0 Å². The first-order chi connectivity index (χ1) is 14.6. The molecule has 3 nitrogen and oxygen atoms in total. The van der Waals surface area contributed by atoms with Crippen molar-refractivity contribution in [3.63, 3.8) is 0 Å². The van der Waals surface area contributed by atoms with Gasteiger partial charge >= 0.3 is 0 Å². The van der Waals surface area contributed by atoms with E-state index in [2.05, 4.69) is 20.8 Å². The van der Waals surface area contributed by atoms with E-state index < -0.39 is 10.1 Å². The standard InChI is InChI=1S/C27H40O3S/c1-19-6-9-22(10-7-19)31(28,29)30-18-21-17-27-15-12-23-25(2,3)13-5-14-26(23,4)24(27)11-8-20(21)16-27/h6-7,9-10,20-21,23-24H,5,8,11-18H2,1-4H3/t20-,21-,23-,24+,26-,27+/m1/s1. The normalized spacial score (nSPS) is 41.4. The smallest absolute Gasteiger partial charge is 0.266 e. The SMILES string of the molecule is Cc1ccc(S(=O)(=O)OC[C@H]2C[C@@]34CC[C@@H]5C(C)(C)CCC[C@@]5(C)[C@@H]3CC[C@@H]2C4)cc1. The molecule has 6 atom stereocenters. The maximum Gasteiger partial charge on any atom is 0.296 e. The van der Waals surface area contributed by atoms with Crippen LogP contribution in [0.5, 0.6) is 0 Å². The van der Waals surface area contributed by atoms with Gasteiger partial charge in [-0.2, -0.15) is 8.42 Å². The first kappa shape index (κ1) is 21.9. The molecule has 1 aromatic carbocycles. The second-order valence-corrected chi connectivity index (χ2v) is 14.0. The molecule has 172 valence electrons. The van der Waals surface area contributed by atoms with E-state index in [0.717, 1.165) is 17.4 Å². The summed E-state index contributed by atoms with van der Waals surface area (Å²) in [4.78, 5) is 0.285. The Labute approximate surface area is 189 Å². The van der Waals surface area contributed by atoms with E-state index in [-0.39, 0.29) is 4.90 Å². The predicted octanol–water partition coefficient (Wildman–Crippen LogP) is 6.75. The molecule has 2 bridgehead atoms. The molecule has 0 aliphatic heterocycles. The topological polar surface area (TPSA) is 43.4 Å². The Morgan fingerprint density at radius 3 is 2.42 bits per heavy atom. The second kappa shape index (κ2) is 7.32. The Kier molecular flexibility index (Phi) is 5.18. The van der Waals surface area contributed by atoms with E-state index in [9.17, 15) is 8.42 Å². The van der Waals surface area contributed by atoms with Gasteiger partial charge in [0.1, 0.15) is 0 Å². The lowest BCUT2D eigenvalue weighted by atomic mass is 9.41. The third-order valence-electron chi connectivity index (χ3n) is 10.3. The van der Waals surface area contributed by atoms with Crippen LogP contribution >= 0.6 is 0 Å². The molecular weight excluding hydrogens is 404 g/mol. The summed E-state index contributed by atoms with van der Waals surface area (Å²) in [6, 6.07) is 7.01. The summed E-state index contributed by atoms with van der Waals surface area (Å²) < 4.78 is 31.2. The van der Waals surface area contributed by atoms with Crippen LogP contribution in [0.2, 0.25) is 0 Å². The fraction of sp³-hybridized carbons (Fsp3) is 0.778. The van der Waals surface area contributed by atoms with Gasteiger partial charge in [0.05, 0.1) is 11.5 Å². The molecule has 1 aromatic rings. The van der Waals surface area contributed by atoms with Crippen molar-refractivity contribution in [2.45, 2.75) is 90.4 Å². The Balaban J connectivity index is 1.32. The highest BCUT2D eigenvalue weighted by Gasteiger charge is 2.63. The molecule has 0 saturated heterocycles. The summed E-state index contributed by atoms with van der Waals surface area (Å²) in [6.45, 7) is 9.98. The molecule has 0 radical (unpaired) electrons. The van der Waals surface area contributed by atoms with Gasteiger partial charge in [-0.25, -0.2) is 0 Å². The zero-order valence-corrected chi connectivity index (χ0v) is 20.6. The van der Waals surface area contributed by atoms with Gasteiger partial charge in [0.25, 0.3) is 10.1 Å². The monoisotopic (exact) mass is 444 g/mol. The fourth-order valence-electron chi connectivity index (χ4n) is 9.06. The Morgan fingerprint density at radius 1 is 0.935 bits per heavy atom. The summed E-state index contributed by atoms with van der Waals surface area (Å²) in [6.07, 6.45) is 11.9. The van der Waals surface area contributed by atoms with Gasteiger partial charge in [-0.1, -0.05) is 44.9 Å². The van der Waals surface area contributed by atoms with Crippen LogP contribution in [-0.2, 0) is 14.3 Å². The molecule has 4 fully saturated rings. The van der Waals surface area contributed by atoms with Gasteiger partial charge in [0, 0.05) is 0 Å². The predicted molar refractivity (Wildman–Crippen MR) is 124 cm³/mol. The van der Waals surface area contributed by atoms with E-state index in [1.807, 2.05) is 19.1 Å². The average molecular weight is 445 g/mol. The molecule has 4 aliphatic carbocycles. The zero-order valence-electron chi connectivity index (χ0n) is 19.8. The summed E-state index contributed by atoms with van der Waals surface area (Å²) >= 11 is 0. The highest BCUT2D eigenvalue weighted by atomic mass is 32.2. The molecule has 4 heteroatoms. The molecule has 0 heterocycles. The van der Waals surface area contributed by atoms with Crippen LogP contribution in [-0.4, -0.2) is 15.0 Å². The fourth-order valence-corrected chi connectivity index (χ4v) is 10.0. The first-order valence-corrected chi connectivity index (χ1v) is 13.9. The largest absolute Gasteiger partial charge is 0.296 e. The Morgan fingerprint density at radius 2 is 1.68 bits per heavy atom. The van der Waals surface area contributed by atoms with Gasteiger partial charge in [-0.05, 0) is 110 Å². The van der Waals surface area contributed by atoms with Gasteiger partial charge in [-0.3, -0.25) is 4.18 Å². The van der Waals surface area contributed by atoms with Gasteiger partial charge < -0.3 is 0 Å². The van der Waals surface area contributed by atoms with Crippen LogP contribution in [0.25, 0.3) is 0 Å². The van der Waals surface area contributed by atoms with Gasteiger partial charge in [-0.15, -0.1) is 0 Å². The lowest BCUT2D eigenvalue weighted by molar-refractivity contribution is -0.144. The molecule has 0 aromatic heterocycles. The summed E-state index contributed by atoms with van der Waals surface area (Å²) in [7, 11) is -3.67. The van der Waals surface area contributed by atoms with Crippen molar-refractivity contribution >= 4 is 10.1 Å². The summed E-state index contributed by atoms with van der Waals surface area (Å²) in [5, 5.41) is 0. The summed E-state index contributed by atoms with van der Waals surface area (Å²) in [5.74, 6) is 2.69. The van der Waals surface area contributed by atoms with Crippen molar-refractivity contribution in [1.29, 1.82) is 0 Å². The van der Waals surface area contributed by atoms with Crippen LogP contribution in [0.4, 0.5) is 0 Å². The molecule has 31 heavy (non-hydrogen) atoms. The summed E-state index contributed by atoms with van der Waals surface area (Å²) in [5.41, 5.74) is 2.43. The minimum Gasteiger partial charge on any atom is -0.266 e. The molecule has 0 amide bonds. The van der Waals surface area contributed by atoms with E-state index >= 15 is 0 Å². The van der Waals surface area contributed by atoms with Crippen LogP contribution in [0.15, 0.2) is 29.2 Å². The maximum absolute atomic E-state index is 12.8. The second-order valence-electron chi connectivity index (χ2n) is 12.4. The highest BCUT2D eigenvalue weighted by molar-refractivity contribution is 7.86. The number of fused-ring (bicyclic) bond motifs is 3. The van der Waals surface area contributed by atoms with E-state index in [1.165, 1.54) is 57.8 Å². The van der Waals surface area contributed by atoms with E-state index in [1.54, 1.807) is 12.1 Å². The highest BCUT2D eigenvalue weighted by Crippen LogP contribution is 2.72. The number of hydrogen-bond donors (Lipinski definition) is 0. The van der Waals surface area contributed by atoms with Crippen LogP contribution in [0, 0.1) is 46.8 Å². The minimum absolute atomic E-state index is 0.285. The molecule has 4 aliphatic rings. The van der Waals surface area contributed by atoms with Crippen LogP contribution < -0.4 is 0 Å². The van der Waals surface area contributed by atoms with Crippen molar-refractivity contribution in [3.8, 4) is 0 Å². The average Bonchev–Trinajstić information content (AvgIpc) is 2.96. The van der Waals surface area contributed by atoms with Crippen molar-refractivity contribution in [3.05, 3.63) is 29.8 Å². The molecule has 1 spiro atoms. The van der Waals surface area contributed by atoms with Gasteiger partial charge in [0.15, 0.2) is 0 Å². The van der Waals surface area contributed by atoms with Crippen molar-refractivity contribution < 1.29 is 12.6 Å². The number of benzene rings is 1. The molecular formula is C27H40O3S. The van der Waals surface area contributed by atoms with Crippen molar-refractivity contribution in [2.75, 3.05) is 6.61 Å². The number of hydrogen-bond acceptors (Lipinski definition) is 3. The number of rotatable bonds is 4. The first-order valence-electron chi connectivity index (χ1n) is 12.5. The van der Waals surface area contributed by atoms with E-state index in [0.29, 0.717) is 34.7 Å².